The number of carbonyl (C=O) groups is 1. The number of benzene rings is 2. The summed E-state index contributed by atoms with van der Waals surface area (Å²) in [6.45, 7) is 9.32. The van der Waals surface area contributed by atoms with Gasteiger partial charge in [0.1, 0.15) is 12.4 Å². The first-order chi connectivity index (χ1) is 13.9. The molecule has 2 aromatic rings. The molecule has 1 amide bonds. The first-order valence-electron chi connectivity index (χ1n) is 9.60. The van der Waals surface area contributed by atoms with Crippen molar-refractivity contribution in [3.05, 3.63) is 58.6 Å². The minimum Gasteiger partial charge on any atom is -0.490 e. The molecule has 0 bridgehead atoms. The number of hydrogen-bond donors (Lipinski definition) is 1. The van der Waals surface area contributed by atoms with Gasteiger partial charge in [-0.3, -0.25) is 14.9 Å². The summed E-state index contributed by atoms with van der Waals surface area (Å²) in [5, 5.41) is 13.3. The van der Waals surface area contributed by atoms with E-state index in [0.717, 1.165) is 24.5 Å². The summed E-state index contributed by atoms with van der Waals surface area (Å²) in [7, 11) is 0. The molecule has 1 unspecified atom stereocenters. The Morgan fingerprint density at radius 2 is 1.83 bits per heavy atom. The molecule has 2 rings (SSSR count). The maximum absolute atomic E-state index is 12.6. The van der Waals surface area contributed by atoms with Gasteiger partial charge in [0, 0.05) is 23.6 Å². The van der Waals surface area contributed by atoms with Crippen LogP contribution in [0, 0.1) is 10.1 Å². The number of amides is 1. The number of non-ortho nitro benzene ring substituents is 1. The number of rotatable bonds is 11. The molecule has 29 heavy (non-hydrogen) atoms. The van der Waals surface area contributed by atoms with Gasteiger partial charge in [-0.15, -0.1) is 11.8 Å². The van der Waals surface area contributed by atoms with E-state index in [2.05, 4.69) is 24.1 Å². The smallest absolute Gasteiger partial charge is 0.269 e. The van der Waals surface area contributed by atoms with Crippen LogP contribution in [-0.4, -0.2) is 47.2 Å². The van der Waals surface area contributed by atoms with E-state index >= 15 is 0 Å². The lowest BCUT2D eigenvalue weighted by molar-refractivity contribution is -0.384. The predicted octanol–water partition coefficient (Wildman–Crippen LogP) is 4.43. The van der Waals surface area contributed by atoms with Crippen LogP contribution in [0.4, 0.5) is 11.4 Å². The lowest BCUT2D eigenvalue weighted by Gasteiger charge is -2.19. The van der Waals surface area contributed by atoms with E-state index in [0.29, 0.717) is 18.0 Å². The Hall–Kier alpha value is -2.58. The quantitative estimate of drug-likeness (QED) is 0.331. The number of carbonyl (C=O) groups excluding carboxylic acids is 1. The van der Waals surface area contributed by atoms with E-state index in [1.165, 1.54) is 23.9 Å². The molecular weight excluding hydrogens is 390 g/mol. The van der Waals surface area contributed by atoms with Crippen molar-refractivity contribution in [1.82, 2.24) is 4.90 Å². The first kappa shape index (κ1) is 22.7. The van der Waals surface area contributed by atoms with Crippen LogP contribution < -0.4 is 10.1 Å². The molecule has 0 aliphatic heterocycles. The van der Waals surface area contributed by atoms with Crippen LogP contribution in [0.5, 0.6) is 5.75 Å². The summed E-state index contributed by atoms with van der Waals surface area (Å²) in [5.74, 6) is 0.480. The highest BCUT2D eigenvalue weighted by molar-refractivity contribution is 8.00. The van der Waals surface area contributed by atoms with Crippen LogP contribution in [0.1, 0.15) is 20.8 Å². The number of anilines is 1. The van der Waals surface area contributed by atoms with Gasteiger partial charge in [0.2, 0.25) is 5.91 Å². The molecule has 0 heterocycles. The monoisotopic (exact) mass is 417 g/mol. The largest absolute Gasteiger partial charge is 0.490 e. The van der Waals surface area contributed by atoms with Crippen LogP contribution >= 0.6 is 11.8 Å². The molecule has 0 saturated carbocycles. The van der Waals surface area contributed by atoms with Crippen molar-refractivity contribution in [3.8, 4) is 5.75 Å². The second-order valence-corrected chi connectivity index (χ2v) is 7.79. The number of nitrogens with one attached hydrogen (secondary N) is 1. The molecule has 7 nitrogen and oxygen atoms in total. The molecule has 0 aromatic heterocycles. The highest BCUT2D eigenvalue weighted by Gasteiger charge is 2.17. The molecule has 0 fully saturated rings. The fraction of sp³-hybridized carbons (Fsp3) is 0.381. The fourth-order valence-electron chi connectivity index (χ4n) is 2.66. The Bertz CT molecular complexity index is 810. The molecule has 0 aliphatic carbocycles. The number of nitrogens with zero attached hydrogens (tertiary/aromatic N) is 2. The second kappa shape index (κ2) is 11.4. The zero-order chi connectivity index (χ0) is 21.2. The van der Waals surface area contributed by atoms with Crippen molar-refractivity contribution in [2.24, 2.45) is 0 Å². The number of nitro groups is 1. The summed E-state index contributed by atoms with van der Waals surface area (Å²) in [4.78, 5) is 26.0. The van der Waals surface area contributed by atoms with E-state index in [-0.39, 0.29) is 16.8 Å². The number of likely N-dealkylation sites (N-methyl/N-ethyl adjacent to an activating group) is 1. The minimum atomic E-state index is -0.443. The zero-order valence-corrected chi connectivity index (χ0v) is 17.8. The second-order valence-electron chi connectivity index (χ2n) is 6.37. The van der Waals surface area contributed by atoms with Crippen molar-refractivity contribution in [2.45, 2.75) is 30.9 Å². The summed E-state index contributed by atoms with van der Waals surface area (Å²) in [6, 6.07) is 13.5. The zero-order valence-electron chi connectivity index (χ0n) is 17.0. The Morgan fingerprint density at radius 1 is 1.17 bits per heavy atom. The van der Waals surface area contributed by atoms with Crippen molar-refractivity contribution >= 4 is 29.0 Å². The van der Waals surface area contributed by atoms with Crippen molar-refractivity contribution in [3.63, 3.8) is 0 Å². The Morgan fingerprint density at radius 3 is 2.45 bits per heavy atom. The summed E-state index contributed by atoms with van der Waals surface area (Å²) in [5.41, 5.74) is 0.662. The van der Waals surface area contributed by atoms with E-state index in [4.69, 9.17) is 4.74 Å². The van der Waals surface area contributed by atoms with Gasteiger partial charge in [-0.2, -0.15) is 0 Å². The molecule has 0 aliphatic rings. The topological polar surface area (TPSA) is 84.7 Å². The lowest BCUT2D eigenvalue weighted by Crippen LogP contribution is -2.28. The van der Waals surface area contributed by atoms with Gasteiger partial charge in [-0.1, -0.05) is 26.0 Å². The molecule has 0 radical (unpaired) electrons. The molecule has 0 saturated heterocycles. The Kier molecular flexibility index (Phi) is 8.95. The van der Waals surface area contributed by atoms with Crippen LogP contribution in [0.3, 0.4) is 0 Å². The molecule has 1 N–H and O–H groups in total. The number of nitro benzene ring substituents is 1. The first-order valence-corrected chi connectivity index (χ1v) is 10.5. The highest BCUT2D eigenvalue weighted by atomic mass is 32.2. The Balaban J connectivity index is 1.94. The van der Waals surface area contributed by atoms with Gasteiger partial charge in [-0.25, -0.2) is 0 Å². The summed E-state index contributed by atoms with van der Waals surface area (Å²) < 4.78 is 5.88. The maximum atomic E-state index is 12.6. The number of hydrogen-bond acceptors (Lipinski definition) is 6. The van der Waals surface area contributed by atoms with Crippen LogP contribution in [0.2, 0.25) is 0 Å². The highest BCUT2D eigenvalue weighted by Crippen LogP contribution is 2.28. The molecular formula is C21H27N3O4S. The number of ether oxygens (including phenoxy) is 1. The predicted molar refractivity (Wildman–Crippen MR) is 117 cm³/mol. The third-order valence-corrected chi connectivity index (χ3v) is 5.55. The van der Waals surface area contributed by atoms with Gasteiger partial charge in [0.25, 0.3) is 5.69 Å². The minimum absolute atomic E-state index is 0.0299. The third-order valence-electron chi connectivity index (χ3n) is 4.43. The normalized spacial score (nSPS) is 11.9. The van der Waals surface area contributed by atoms with E-state index in [1.54, 1.807) is 19.1 Å². The SMILES string of the molecule is CCN(CC)CCOc1ccccc1NC(=O)C(C)Sc1ccc([N+](=O)[O-])cc1. The maximum Gasteiger partial charge on any atom is 0.269 e. The standard InChI is InChI=1S/C21H27N3O4S/c1-4-23(5-2)14-15-28-20-9-7-6-8-19(20)22-21(25)16(3)29-18-12-10-17(11-13-18)24(26)27/h6-13,16H,4-5,14-15H2,1-3H3,(H,22,25). The van der Waals surface area contributed by atoms with Gasteiger partial charge in [-0.05, 0) is 44.3 Å². The van der Waals surface area contributed by atoms with Gasteiger partial charge in [0.05, 0.1) is 15.9 Å². The molecule has 0 spiro atoms. The van der Waals surface area contributed by atoms with Crippen molar-refractivity contribution in [2.75, 3.05) is 31.6 Å². The van der Waals surface area contributed by atoms with E-state index in [1.807, 2.05) is 24.3 Å². The van der Waals surface area contributed by atoms with Crippen LogP contribution in [0.15, 0.2) is 53.4 Å². The van der Waals surface area contributed by atoms with Gasteiger partial charge >= 0.3 is 0 Å². The summed E-state index contributed by atoms with van der Waals surface area (Å²) in [6.07, 6.45) is 0. The van der Waals surface area contributed by atoms with Gasteiger partial charge < -0.3 is 15.0 Å². The fourth-order valence-corrected chi connectivity index (χ4v) is 3.53. The van der Waals surface area contributed by atoms with Crippen LogP contribution in [-0.2, 0) is 4.79 Å². The number of thioether (sulfide) groups is 1. The molecule has 2 aromatic carbocycles. The summed E-state index contributed by atoms with van der Waals surface area (Å²) >= 11 is 1.34. The average Bonchev–Trinajstić information content (AvgIpc) is 2.72. The lowest BCUT2D eigenvalue weighted by atomic mass is 10.3. The number of para-hydroxylation sites is 2. The molecule has 8 heteroatoms. The van der Waals surface area contributed by atoms with Crippen LogP contribution in [0.25, 0.3) is 0 Å². The average molecular weight is 418 g/mol. The van der Waals surface area contributed by atoms with Gasteiger partial charge in [0.15, 0.2) is 0 Å². The Labute approximate surface area is 175 Å². The molecule has 156 valence electrons. The van der Waals surface area contributed by atoms with E-state index < -0.39 is 4.92 Å². The van der Waals surface area contributed by atoms with Crippen molar-refractivity contribution in [1.29, 1.82) is 0 Å². The van der Waals surface area contributed by atoms with Crippen molar-refractivity contribution < 1.29 is 14.5 Å². The van der Waals surface area contributed by atoms with E-state index in [9.17, 15) is 14.9 Å². The molecule has 1 atom stereocenters. The third kappa shape index (κ3) is 7.07.